The molecule has 1 unspecified atom stereocenters. The molecule has 0 saturated heterocycles. The number of hydrogen-bond donors (Lipinski definition) is 1. The minimum Gasteiger partial charge on any atom is -0.327 e. The van der Waals surface area contributed by atoms with Gasteiger partial charge in [0.15, 0.2) is 0 Å². The lowest BCUT2D eigenvalue weighted by molar-refractivity contribution is 0.301. The second-order valence-electron chi connectivity index (χ2n) is 5.49. The monoisotopic (exact) mass is 283 g/mol. The largest absolute Gasteiger partial charge is 0.327 e. The van der Waals surface area contributed by atoms with Crippen LogP contribution >= 0.6 is 15.9 Å². The van der Waals surface area contributed by atoms with E-state index in [1.54, 1.807) is 0 Å². The van der Waals surface area contributed by atoms with Crippen LogP contribution in [0.2, 0.25) is 0 Å². The number of nitrogens with two attached hydrogens (primary N) is 1. The third kappa shape index (κ3) is 4.67. The summed E-state index contributed by atoms with van der Waals surface area (Å²) in [5.41, 5.74) is 7.74. The molecule has 0 spiro atoms. The van der Waals surface area contributed by atoms with E-state index in [2.05, 4.69) is 61.0 Å². The summed E-state index contributed by atoms with van der Waals surface area (Å²) in [5.74, 6) is 0. The Morgan fingerprint density at radius 2 is 2.00 bits per heavy atom. The van der Waals surface area contributed by atoms with Crippen molar-refractivity contribution in [2.24, 2.45) is 11.1 Å². The van der Waals surface area contributed by atoms with Crippen molar-refractivity contribution >= 4 is 15.9 Å². The zero-order valence-corrected chi connectivity index (χ0v) is 12.0. The quantitative estimate of drug-likeness (QED) is 0.883. The van der Waals surface area contributed by atoms with E-state index in [4.69, 9.17) is 5.73 Å². The molecule has 0 aliphatic heterocycles. The molecule has 16 heavy (non-hydrogen) atoms. The Morgan fingerprint density at radius 1 is 1.31 bits per heavy atom. The summed E-state index contributed by atoms with van der Waals surface area (Å²) in [6, 6.07) is 8.79. The highest BCUT2D eigenvalue weighted by Gasteiger charge is 2.19. The summed E-state index contributed by atoms with van der Waals surface area (Å²) in [4.78, 5) is 0. The normalized spacial score (nSPS) is 13.8. The van der Waals surface area contributed by atoms with Crippen LogP contribution in [0, 0.1) is 5.41 Å². The van der Waals surface area contributed by atoms with E-state index in [1.807, 2.05) is 0 Å². The van der Waals surface area contributed by atoms with E-state index < -0.39 is 0 Å². The predicted molar refractivity (Wildman–Crippen MR) is 74.5 cm³/mol. The van der Waals surface area contributed by atoms with E-state index in [-0.39, 0.29) is 5.41 Å². The van der Waals surface area contributed by atoms with Gasteiger partial charge in [0, 0.05) is 10.5 Å². The molecule has 0 bridgehead atoms. The second kappa shape index (κ2) is 5.83. The summed E-state index contributed by atoms with van der Waals surface area (Å²) < 4.78 is 1.16. The molecule has 1 aromatic rings. The van der Waals surface area contributed by atoms with Gasteiger partial charge in [0.1, 0.15) is 0 Å². The van der Waals surface area contributed by atoms with E-state index in [0.717, 1.165) is 23.7 Å². The maximum atomic E-state index is 6.14. The molecule has 1 nitrogen and oxygen atoms in total. The van der Waals surface area contributed by atoms with E-state index >= 15 is 0 Å². The zero-order chi connectivity index (χ0) is 12.2. The van der Waals surface area contributed by atoms with Gasteiger partial charge < -0.3 is 5.73 Å². The number of benzene rings is 1. The molecular formula is C14H22BrN. The van der Waals surface area contributed by atoms with Crippen LogP contribution in [0.5, 0.6) is 0 Å². The minimum atomic E-state index is 0.220. The standard InChI is InChI=1S/C14H22BrN/c1-14(2,3)13(16)9-5-7-11-6-4-8-12(15)10-11/h4,6,8,10,13H,5,7,9,16H2,1-3H3. The van der Waals surface area contributed by atoms with Crippen molar-refractivity contribution in [1.29, 1.82) is 0 Å². The van der Waals surface area contributed by atoms with Crippen LogP contribution in [0.25, 0.3) is 0 Å². The topological polar surface area (TPSA) is 26.0 Å². The number of hydrogen-bond acceptors (Lipinski definition) is 1. The first-order valence-corrected chi connectivity index (χ1v) is 6.69. The molecule has 1 rings (SSSR count). The summed E-state index contributed by atoms with van der Waals surface area (Å²) in [6.45, 7) is 6.62. The van der Waals surface area contributed by atoms with Crippen LogP contribution in [0.4, 0.5) is 0 Å². The van der Waals surface area contributed by atoms with Crippen molar-refractivity contribution in [1.82, 2.24) is 0 Å². The Hall–Kier alpha value is -0.340. The highest BCUT2D eigenvalue weighted by atomic mass is 79.9. The molecule has 0 aliphatic carbocycles. The molecule has 0 radical (unpaired) electrons. The van der Waals surface area contributed by atoms with Gasteiger partial charge in [-0.05, 0) is 42.4 Å². The summed E-state index contributed by atoms with van der Waals surface area (Å²) >= 11 is 3.49. The third-order valence-electron chi connectivity index (χ3n) is 2.98. The molecule has 2 N–H and O–H groups in total. The summed E-state index contributed by atoms with van der Waals surface area (Å²) in [7, 11) is 0. The van der Waals surface area contributed by atoms with E-state index in [1.165, 1.54) is 5.56 Å². The first-order valence-electron chi connectivity index (χ1n) is 5.89. The van der Waals surface area contributed by atoms with Gasteiger partial charge in [-0.25, -0.2) is 0 Å². The van der Waals surface area contributed by atoms with Crippen molar-refractivity contribution in [3.8, 4) is 0 Å². The van der Waals surface area contributed by atoms with Crippen LogP contribution in [0.15, 0.2) is 28.7 Å². The lowest BCUT2D eigenvalue weighted by Crippen LogP contribution is -2.34. The van der Waals surface area contributed by atoms with Crippen LogP contribution < -0.4 is 5.73 Å². The van der Waals surface area contributed by atoms with E-state index in [9.17, 15) is 0 Å². The Bertz CT molecular complexity index is 328. The molecule has 2 heteroatoms. The van der Waals surface area contributed by atoms with Gasteiger partial charge in [-0.15, -0.1) is 0 Å². The van der Waals surface area contributed by atoms with Crippen LogP contribution in [0.1, 0.15) is 39.2 Å². The smallest absolute Gasteiger partial charge is 0.0177 e. The average Bonchev–Trinajstić information content (AvgIpc) is 2.16. The van der Waals surface area contributed by atoms with Crippen molar-refractivity contribution in [2.45, 2.75) is 46.1 Å². The van der Waals surface area contributed by atoms with E-state index in [0.29, 0.717) is 6.04 Å². The molecule has 0 saturated carbocycles. The van der Waals surface area contributed by atoms with Crippen LogP contribution in [-0.2, 0) is 6.42 Å². The Balaban J connectivity index is 2.36. The van der Waals surface area contributed by atoms with Crippen molar-refractivity contribution < 1.29 is 0 Å². The fourth-order valence-corrected chi connectivity index (χ4v) is 2.10. The predicted octanol–water partition coefficient (Wildman–Crippen LogP) is 4.15. The SMILES string of the molecule is CC(C)(C)C(N)CCCc1cccc(Br)c1. The summed E-state index contributed by atoms with van der Waals surface area (Å²) in [6.07, 6.45) is 3.37. The van der Waals surface area contributed by atoms with Gasteiger partial charge in [-0.3, -0.25) is 0 Å². The second-order valence-corrected chi connectivity index (χ2v) is 6.41. The van der Waals surface area contributed by atoms with Gasteiger partial charge >= 0.3 is 0 Å². The van der Waals surface area contributed by atoms with Gasteiger partial charge in [0.25, 0.3) is 0 Å². The molecule has 90 valence electrons. The average molecular weight is 284 g/mol. The van der Waals surface area contributed by atoms with Crippen molar-refractivity contribution in [2.75, 3.05) is 0 Å². The fraction of sp³-hybridized carbons (Fsp3) is 0.571. The summed E-state index contributed by atoms with van der Waals surface area (Å²) in [5, 5.41) is 0. The van der Waals surface area contributed by atoms with Crippen molar-refractivity contribution in [3.05, 3.63) is 34.3 Å². The van der Waals surface area contributed by atoms with Crippen LogP contribution in [-0.4, -0.2) is 6.04 Å². The van der Waals surface area contributed by atoms with Gasteiger partial charge in [0.05, 0.1) is 0 Å². The maximum absolute atomic E-state index is 6.14. The lowest BCUT2D eigenvalue weighted by Gasteiger charge is -2.26. The Kier molecular flexibility index (Phi) is 5.00. The number of halogens is 1. The van der Waals surface area contributed by atoms with Gasteiger partial charge in [-0.2, -0.15) is 0 Å². The highest BCUT2D eigenvalue weighted by Crippen LogP contribution is 2.22. The zero-order valence-electron chi connectivity index (χ0n) is 10.5. The molecule has 0 fully saturated rings. The maximum Gasteiger partial charge on any atom is 0.0177 e. The molecule has 0 aliphatic rings. The molecule has 0 amide bonds. The molecular weight excluding hydrogens is 262 g/mol. The molecule has 0 heterocycles. The first kappa shape index (κ1) is 13.7. The van der Waals surface area contributed by atoms with Crippen molar-refractivity contribution in [3.63, 3.8) is 0 Å². The van der Waals surface area contributed by atoms with Gasteiger partial charge in [0.2, 0.25) is 0 Å². The molecule has 1 atom stereocenters. The molecule has 0 aromatic heterocycles. The highest BCUT2D eigenvalue weighted by molar-refractivity contribution is 9.10. The minimum absolute atomic E-state index is 0.220. The lowest BCUT2D eigenvalue weighted by atomic mass is 9.84. The Morgan fingerprint density at radius 3 is 2.56 bits per heavy atom. The molecule has 1 aromatic carbocycles. The van der Waals surface area contributed by atoms with Crippen LogP contribution in [0.3, 0.4) is 0 Å². The first-order chi connectivity index (χ1) is 7.39. The Labute approximate surface area is 108 Å². The third-order valence-corrected chi connectivity index (χ3v) is 3.48. The number of aryl methyl sites for hydroxylation is 1. The van der Waals surface area contributed by atoms with Gasteiger partial charge in [-0.1, -0.05) is 48.8 Å². The fourth-order valence-electron chi connectivity index (χ4n) is 1.65. The number of rotatable bonds is 4.